The molecule has 0 heterocycles. The summed E-state index contributed by atoms with van der Waals surface area (Å²) in [7, 11) is 0. The topological polar surface area (TPSA) is 55.1 Å². The first-order valence-corrected chi connectivity index (χ1v) is 4.90. The Kier molecular flexibility index (Phi) is 3.92. The van der Waals surface area contributed by atoms with Crippen molar-refractivity contribution >= 4 is 17.2 Å². The molecule has 1 aromatic carbocycles. The molecule has 0 spiro atoms. The fourth-order valence-corrected chi connectivity index (χ4v) is 1.31. The summed E-state index contributed by atoms with van der Waals surface area (Å²) in [6, 6.07) is 5.38. The normalized spacial score (nSPS) is 9.67. The van der Waals surface area contributed by atoms with Gasteiger partial charge < -0.3 is 11.1 Å². The minimum Gasteiger partial charge on any atom is -0.398 e. The van der Waals surface area contributed by atoms with Crippen LogP contribution in [0.3, 0.4) is 0 Å². The van der Waals surface area contributed by atoms with Crippen LogP contribution in [0.4, 0.5) is 11.4 Å². The van der Waals surface area contributed by atoms with Crippen LogP contribution < -0.4 is 11.1 Å². The average Bonchev–Trinajstić information content (AvgIpc) is 2.17. The predicted molar refractivity (Wildman–Crippen MR) is 64.2 cm³/mol. The van der Waals surface area contributed by atoms with E-state index < -0.39 is 0 Å². The monoisotopic (exact) mass is 204 g/mol. The molecule has 0 saturated heterocycles. The van der Waals surface area contributed by atoms with Gasteiger partial charge in [-0.15, -0.1) is 6.58 Å². The van der Waals surface area contributed by atoms with Crippen molar-refractivity contribution in [1.29, 1.82) is 0 Å². The number of benzene rings is 1. The Balaban J connectivity index is 2.73. The highest BCUT2D eigenvalue weighted by Crippen LogP contribution is 2.18. The first-order valence-electron chi connectivity index (χ1n) is 4.90. The number of anilines is 2. The van der Waals surface area contributed by atoms with Gasteiger partial charge in [0.2, 0.25) is 0 Å². The van der Waals surface area contributed by atoms with E-state index in [1.54, 1.807) is 12.1 Å². The number of ketones is 1. The molecule has 0 aliphatic carbocycles. The fourth-order valence-electron chi connectivity index (χ4n) is 1.31. The molecule has 1 aromatic rings. The zero-order valence-electron chi connectivity index (χ0n) is 8.92. The van der Waals surface area contributed by atoms with Crippen LogP contribution in [0.5, 0.6) is 0 Å². The van der Waals surface area contributed by atoms with Gasteiger partial charge in [0, 0.05) is 23.5 Å². The molecule has 0 aliphatic heterocycles. The minimum absolute atomic E-state index is 0.00913. The summed E-state index contributed by atoms with van der Waals surface area (Å²) in [6.45, 7) is 5.97. The largest absolute Gasteiger partial charge is 0.398 e. The Labute approximate surface area is 90.0 Å². The van der Waals surface area contributed by atoms with Gasteiger partial charge in [-0.25, -0.2) is 0 Å². The second kappa shape index (κ2) is 5.20. The SMILES string of the molecule is C=CCCNc1ccc(C(C)=O)c(N)c1. The van der Waals surface area contributed by atoms with Crippen LogP contribution in [0.1, 0.15) is 23.7 Å². The van der Waals surface area contributed by atoms with Gasteiger partial charge in [0.15, 0.2) is 5.78 Å². The van der Waals surface area contributed by atoms with Crippen LogP contribution >= 0.6 is 0 Å². The van der Waals surface area contributed by atoms with Gasteiger partial charge in [-0.1, -0.05) is 6.08 Å². The van der Waals surface area contributed by atoms with Crippen molar-refractivity contribution in [2.45, 2.75) is 13.3 Å². The zero-order valence-corrected chi connectivity index (χ0v) is 8.92. The van der Waals surface area contributed by atoms with Gasteiger partial charge >= 0.3 is 0 Å². The summed E-state index contributed by atoms with van der Waals surface area (Å²) >= 11 is 0. The van der Waals surface area contributed by atoms with E-state index in [9.17, 15) is 4.79 Å². The molecule has 0 aromatic heterocycles. The third kappa shape index (κ3) is 3.13. The summed E-state index contributed by atoms with van der Waals surface area (Å²) in [5.74, 6) is -0.00913. The molecule has 0 bridgehead atoms. The molecule has 0 amide bonds. The van der Waals surface area contributed by atoms with Crippen LogP contribution in [0.15, 0.2) is 30.9 Å². The van der Waals surface area contributed by atoms with E-state index in [1.807, 2.05) is 12.1 Å². The Morgan fingerprint density at radius 2 is 2.33 bits per heavy atom. The summed E-state index contributed by atoms with van der Waals surface area (Å²) in [5, 5.41) is 3.19. The lowest BCUT2D eigenvalue weighted by atomic mass is 10.1. The first kappa shape index (κ1) is 11.3. The van der Waals surface area contributed by atoms with Crippen molar-refractivity contribution in [1.82, 2.24) is 0 Å². The highest BCUT2D eigenvalue weighted by Gasteiger charge is 2.04. The molecule has 0 radical (unpaired) electrons. The summed E-state index contributed by atoms with van der Waals surface area (Å²) in [4.78, 5) is 11.1. The second-order valence-electron chi connectivity index (χ2n) is 3.36. The average molecular weight is 204 g/mol. The maximum atomic E-state index is 11.1. The quantitative estimate of drug-likeness (QED) is 0.335. The number of rotatable bonds is 5. The first-order chi connectivity index (χ1) is 7.15. The molecule has 1 rings (SSSR count). The summed E-state index contributed by atoms with van der Waals surface area (Å²) < 4.78 is 0. The van der Waals surface area contributed by atoms with Gasteiger partial charge in [0.25, 0.3) is 0 Å². The van der Waals surface area contributed by atoms with Crippen molar-refractivity contribution in [3.63, 3.8) is 0 Å². The van der Waals surface area contributed by atoms with Crippen LogP contribution in [0.2, 0.25) is 0 Å². The summed E-state index contributed by atoms with van der Waals surface area (Å²) in [5.41, 5.74) is 7.77. The molecule has 3 N–H and O–H groups in total. The molecule has 0 unspecified atom stereocenters. The van der Waals surface area contributed by atoms with Crippen molar-refractivity contribution in [3.8, 4) is 0 Å². The van der Waals surface area contributed by atoms with Gasteiger partial charge in [-0.05, 0) is 31.5 Å². The highest BCUT2D eigenvalue weighted by molar-refractivity contribution is 5.99. The van der Waals surface area contributed by atoms with E-state index in [2.05, 4.69) is 11.9 Å². The fraction of sp³-hybridized carbons (Fsp3) is 0.250. The lowest BCUT2D eigenvalue weighted by Gasteiger charge is -2.07. The molecule has 3 nitrogen and oxygen atoms in total. The molecule has 15 heavy (non-hydrogen) atoms. The van der Waals surface area contributed by atoms with Crippen LogP contribution in [-0.2, 0) is 0 Å². The number of Topliss-reactive ketones (excluding diaryl/α,β-unsaturated/α-hetero) is 1. The molecule has 3 heteroatoms. The van der Waals surface area contributed by atoms with Crippen molar-refractivity contribution < 1.29 is 4.79 Å². The molecule has 0 aliphatic rings. The van der Waals surface area contributed by atoms with E-state index in [1.165, 1.54) is 6.92 Å². The standard InChI is InChI=1S/C12H16N2O/c1-3-4-7-14-10-5-6-11(9(2)15)12(13)8-10/h3,5-6,8,14H,1,4,7,13H2,2H3. The number of carbonyl (C=O) groups excluding carboxylic acids is 1. The van der Waals surface area contributed by atoms with E-state index in [0.717, 1.165) is 18.7 Å². The number of carbonyl (C=O) groups is 1. The van der Waals surface area contributed by atoms with Gasteiger partial charge in [-0.2, -0.15) is 0 Å². The maximum Gasteiger partial charge on any atom is 0.161 e. The van der Waals surface area contributed by atoms with Crippen molar-refractivity contribution in [2.24, 2.45) is 0 Å². The number of nitrogens with one attached hydrogen (secondary N) is 1. The van der Waals surface area contributed by atoms with Gasteiger partial charge in [-0.3, -0.25) is 4.79 Å². The van der Waals surface area contributed by atoms with Crippen LogP contribution in [0, 0.1) is 0 Å². The number of nitrogen functional groups attached to an aromatic ring is 1. The smallest absolute Gasteiger partial charge is 0.161 e. The van der Waals surface area contributed by atoms with Crippen LogP contribution in [-0.4, -0.2) is 12.3 Å². The lowest BCUT2D eigenvalue weighted by molar-refractivity contribution is 0.101. The van der Waals surface area contributed by atoms with E-state index >= 15 is 0 Å². The Morgan fingerprint density at radius 3 is 2.87 bits per heavy atom. The second-order valence-corrected chi connectivity index (χ2v) is 3.36. The Morgan fingerprint density at radius 1 is 1.60 bits per heavy atom. The minimum atomic E-state index is -0.00913. The number of hydrogen-bond donors (Lipinski definition) is 2. The number of nitrogens with two attached hydrogens (primary N) is 1. The third-order valence-corrected chi connectivity index (χ3v) is 2.11. The van der Waals surface area contributed by atoms with Gasteiger partial charge in [0.05, 0.1) is 0 Å². The van der Waals surface area contributed by atoms with Crippen LogP contribution in [0.25, 0.3) is 0 Å². The molecular weight excluding hydrogens is 188 g/mol. The van der Waals surface area contributed by atoms with Crippen molar-refractivity contribution in [3.05, 3.63) is 36.4 Å². The molecule has 0 fully saturated rings. The predicted octanol–water partition coefficient (Wildman–Crippen LogP) is 2.46. The highest BCUT2D eigenvalue weighted by atomic mass is 16.1. The molecule has 0 saturated carbocycles. The number of hydrogen-bond acceptors (Lipinski definition) is 3. The van der Waals surface area contributed by atoms with E-state index in [4.69, 9.17) is 5.73 Å². The zero-order chi connectivity index (χ0) is 11.3. The van der Waals surface area contributed by atoms with Gasteiger partial charge in [0.1, 0.15) is 0 Å². The van der Waals surface area contributed by atoms with Crippen molar-refractivity contribution in [2.75, 3.05) is 17.6 Å². The third-order valence-electron chi connectivity index (χ3n) is 2.11. The molecular formula is C12H16N2O. The maximum absolute atomic E-state index is 11.1. The lowest BCUT2D eigenvalue weighted by Crippen LogP contribution is -2.03. The Hall–Kier alpha value is -1.77. The molecule has 80 valence electrons. The van der Waals surface area contributed by atoms with E-state index in [-0.39, 0.29) is 5.78 Å². The molecule has 0 atom stereocenters. The van der Waals surface area contributed by atoms with E-state index in [0.29, 0.717) is 11.3 Å². The Bertz CT molecular complexity index is 372. The summed E-state index contributed by atoms with van der Waals surface area (Å²) in [6.07, 6.45) is 2.74.